The van der Waals surface area contributed by atoms with Crippen LogP contribution in [-0.4, -0.2) is 19.6 Å². The lowest BCUT2D eigenvalue weighted by atomic mass is 10.0. The molecule has 2 aromatic heterocycles. The Morgan fingerprint density at radius 1 is 0.903 bits per heavy atom. The highest BCUT2D eigenvalue weighted by Gasteiger charge is 2.41. The number of aryl methyl sites for hydroxylation is 1. The number of rotatable bonds is 5. The summed E-state index contributed by atoms with van der Waals surface area (Å²) in [4.78, 5) is 6.93. The molecule has 1 fully saturated rings. The Kier molecular flexibility index (Phi) is 5.26. The van der Waals surface area contributed by atoms with Crippen molar-refractivity contribution in [1.82, 2.24) is 19.8 Å². The Hall–Kier alpha value is -3.44. The van der Waals surface area contributed by atoms with Crippen molar-refractivity contribution in [2.75, 3.05) is 0 Å². The normalized spacial score (nSPS) is 18.2. The molecule has 1 saturated heterocycles. The van der Waals surface area contributed by atoms with Gasteiger partial charge in [-0.1, -0.05) is 54.1 Å². The third-order valence-corrected chi connectivity index (χ3v) is 6.14. The number of aromatic nitrogens is 2. The maximum Gasteiger partial charge on any atom is 0.170 e. The first-order valence-corrected chi connectivity index (χ1v) is 10.9. The van der Waals surface area contributed by atoms with Gasteiger partial charge in [-0.25, -0.2) is 0 Å². The minimum absolute atomic E-state index is 0.0129. The standard InChI is InChI=1S/C26H24N4S/c1-19-12-14-21(15-13-19)29-17-7-11-23(29)25-24(22-10-5-6-16-27-22)28-26(31)30(25)18-20-8-3-2-4-9-20/h2-17,24-25H,18H2,1H3,(H,28,31)/t24-,25-/m0/s1. The number of hydrogen-bond donors (Lipinski definition) is 1. The van der Waals surface area contributed by atoms with E-state index in [2.05, 4.69) is 99.6 Å². The van der Waals surface area contributed by atoms with Crippen LogP contribution in [0.15, 0.2) is 97.3 Å². The van der Waals surface area contributed by atoms with Gasteiger partial charge in [0.1, 0.15) is 0 Å². The predicted octanol–water partition coefficient (Wildman–Crippen LogP) is 5.35. The topological polar surface area (TPSA) is 33.1 Å². The van der Waals surface area contributed by atoms with Gasteiger partial charge in [0.25, 0.3) is 0 Å². The average Bonchev–Trinajstić information content (AvgIpc) is 3.40. The van der Waals surface area contributed by atoms with Crippen LogP contribution in [0.5, 0.6) is 0 Å². The van der Waals surface area contributed by atoms with E-state index in [-0.39, 0.29) is 12.1 Å². The predicted molar refractivity (Wildman–Crippen MR) is 128 cm³/mol. The zero-order valence-electron chi connectivity index (χ0n) is 17.3. The van der Waals surface area contributed by atoms with E-state index in [1.807, 2.05) is 24.4 Å². The quantitative estimate of drug-likeness (QED) is 0.438. The maximum absolute atomic E-state index is 5.82. The average molecular weight is 425 g/mol. The van der Waals surface area contributed by atoms with Gasteiger partial charge in [-0.05, 0) is 61.1 Å². The summed E-state index contributed by atoms with van der Waals surface area (Å²) in [5, 5.41) is 4.30. The molecule has 0 aliphatic carbocycles. The molecule has 0 spiro atoms. The summed E-state index contributed by atoms with van der Waals surface area (Å²) in [6.45, 7) is 2.85. The van der Waals surface area contributed by atoms with Crippen LogP contribution in [0.4, 0.5) is 0 Å². The van der Waals surface area contributed by atoms with Crippen molar-refractivity contribution >= 4 is 17.3 Å². The molecule has 154 valence electrons. The molecule has 1 aliphatic rings. The second-order valence-corrected chi connectivity index (χ2v) is 8.27. The Bertz CT molecular complexity index is 1170. The van der Waals surface area contributed by atoms with E-state index in [4.69, 9.17) is 12.2 Å². The zero-order chi connectivity index (χ0) is 21.2. The molecule has 4 aromatic rings. The molecular formula is C26H24N4S. The minimum Gasteiger partial charge on any atom is -0.352 e. The van der Waals surface area contributed by atoms with Crippen LogP contribution in [0.25, 0.3) is 5.69 Å². The van der Waals surface area contributed by atoms with Crippen LogP contribution < -0.4 is 5.32 Å². The Morgan fingerprint density at radius 3 is 2.42 bits per heavy atom. The molecule has 5 rings (SSSR count). The highest BCUT2D eigenvalue weighted by Crippen LogP contribution is 2.40. The summed E-state index contributed by atoms with van der Waals surface area (Å²) in [6.07, 6.45) is 3.97. The SMILES string of the molecule is Cc1ccc(-n2cccc2[C@H]2[C@H](c3ccccn3)NC(=S)N2Cc2ccccc2)cc1. The van der Waals surface area contributed by atoms with Crippen molar-refractivity contribution < 1.29 is 0 Å². The van der Waals surface area contributed by atoms with Gasteiger partial charge in [-0.15, -0.1) is 0 Å². The third-order valence-electron chi connectivity index (χ3n) is 5.79. The van der Waals surface area contributed by atoms with Gasteiger partial charge in [0.15, 0.2) is 5.11 Å². The lowest BCUT2D eigenvalue weighted by molar-refractivity contribution is 0.302. The molecule has 3 heterocycles. The fourth-order valence-corrected chi connectivity index (χ4v) is 4.56. The molecule has 2 atom stereocenters. The lowest BCUT2D eigenvalue weighted by Crippen LogP contribution is -2.30. The molecule has 5 heteroatoms. The highest BCUT2D eigenvalue weighted by atomic mass is 32.1. The summed E-state index contributed by atoms with van der Waals surface area (Å²) in [5.41, 5.74) is 5.79. The number of pyridine rings is 1. The fraction of sp³-hybridized carbons (Fsp3) is 0.154. The first kappa shape index (κ1) is 19.5. The van der Waals surface area contributed by atoms with Gasteiger partial charge in [0.05, 0.1) is 17.8 Å². The van der Waals surface area contributed by atoms with Gasteiger partial charge in [0.2, 0.25) is 0 Å². The Labute approximate surface area is 188 Å². The van der Waals surface area contributed by atoms with Crippen LogP contribution in [0.3, 0.4) is 0 Å². The van der Waals surface area contributed by atoms with Crippen molar-refractivity contribution in [1.29, 1.82) is 0 Å². The summed E-state index contributed by atoms with van der Waals surface area (Å²) in [6, 6.07) is 29.4. The monoisotopic (exact) mass is 424 g/mol. The maximum atomic E-state index is 5.82. The largest absolute Gasteiger partial charge is 0.352 e. The van der Waals surface area contributed by atoms with E-state index < -0.39 is 0 Å². The van der Waals surface area contributed by atoms with E-state index in [1.54, 1.807) is 0 Å². The minimum atomic E-state index is -0.0310. The summed E-state index contributed by atoms with van der Waals surface area (Å²) < 4.78 is 2.26. The van der Waals surface area contributed by atoms with Crippen LogP contribution in [-0.2, 0) is 6.54 Å². The van der Waals surface area contributed by atoms with E-state index in [1.165, 1.54) is 16.8 Å². The Balaban J connectivity index is 1.60. The molecule has 1 aliphatic heterocycles. The molecule has 0 bridgehead atoms. The molecule has 4 nitrogen and oxygen atoms in total. The lowest BCUT2D eigenvalue weighted by Gasteiger charge is -2.29. The fourth-order valence-electron chi connectivity index (χ4n) is 4.25. The molecule has 2 aromatic carbocycles. The second-order valence-electron chi connectivity index (χ2n) is 7.88. The number of nitrogens with zero attached hydrogens (tertiary/aromatic N) is 3. The first-order chi connectivity index (χ1) is 15.2. The number of benzene rings is 2. The summed E-state index contributed by atoms with van der Waals surface area (Å²) in [7, 11) is 0. The molecule has 31 heavy (non-hydrogen) atoms. The van der Waals surface area contributed by atoms with Crippen molar-refractivity contribution in [3.63, 3.8) is 0 Å². The van der Waals surface area contributed by atoms with Crippen molar-refractivity contribution in [3.05, 3.63) is 120 Å². The number of thiocarbonyl (C=S) groups is 1. The molecule has 0 amide bonds. The summed E-state index contributed by atoms with van der Waals surface area (Å²) >= 11 is 5.82. The van der Waals surface area contributed by atoms with E-state index in [9.17, 15) is 0 Å². The molecule has 1 N–H and O–H groups in total. The van der Waals surface area contributed by atoms with Crippen molar-refractivity contribution in [2.45, 2.75) is 25.6 Å². The number of nitrogens with one attached hydrogen (secondary N) is 1. The van der Waals surface area contributed by atoms with Crippen LogP contribution in [0.2, 0.25) is 0 Å². The molecular weight excluding hydrogens is 400 g/mol. The number of hydrogen-bond acceptors (Lipinski definition) is 2. The van der Waals surface area contributed by atoms with Gasteiger partial charge in [-0.3, -0.25) is 4.98 Å². The van der Waals surface area contributed by atoms with Crippen molar-refractivity contribution in [2.24, 2.45) is 0 Å². The molecule has 0 saturated carbocycles. The molecule has 0 unspecified atom stereocenters. The van der Waals surface area contributed by atoms with Gasteiger partial charge >= 0.3 is 0 Å². The third kappa shape index (κ3) is 3.84. The van der Waals surface area contributed by atoms with Crippen LogP contribution in [0, 0.1) is 6.92 Å². The van der Waals surface area contributed by atoms with Gasteiger partial charge in [-0.2, -0.15) is 0 Å². The van der Waals surface area contributed by atoms with E-state index in [0.29, 0.717) is 0 Å². The highest BCUT2D eigenvalue weighted by molar-refractivity contribution is 7.80. The smallest absolute Gasteiger partial charge is 0.170 e. The second kappa shape index (κ2) is 8.36. The Morgan fingerprint density at radius 2 is 1.68 bits per heavy atom. The molecule has 0 radical (unpaired) electrons. The van der Waals surface area contributed by atoms with Gasteiger partial charge < -0.3 is 14.8 Å². The van der Waals surface area contributed by atoms with Gasteiger partial charge in [0, 0.05) is 30.3 Å². The van der Waals surface area contributed by atoms with Crippen molar-refractivity contribution in [3.8, 4) is 5.69 Å². The van der Waals surface area contributed by atoms with E-state index >= 15 is 0 Å². The first-order valence-electron chi connectivity index (χ1n) is 10.5. The van der Waals surface area contributed by atoms with Crippen LogP contribution >= 0.6 is 12.2 Å². The van der Waals surface area contributed by atoms with Crippen LogP contribution in [0.1, 0.15) is 34.6 Å². The zero-order valence-corrected chi connectivity index (χ0v) is 18.2. The van der Waals surface area contributed by atoms with E-state index in [0.717, 1.165) is 23.0 Å². The summed E-state index contributed by atoms with van der Waals surface area (Å²) in [5.74, 6) is 0.